The fourth-order valence-electron chi connectivity index (χ4n) is 7.25. The predicted molar refractivity (Wildman–Crippen MR) is 201 cm³/mol. The molecule has 0 spiro atoms. The summed E-state index contributed by atoms with van der Waals surface area (Å²) in [4.78, 5) is 15.1. The Kier molecular flexibility index (Phi) is 6.15. The van der Waals surface area contributed by atoms with Crippen LogP contribution >= 0.6 is 0 Å². The molecule has 0 N–H and O–H groups in total. The van der Waals surface area contributed by atoms with Gasteiger partial charge in [0.2, 0.25) is 0 Å². The fourth-order valence-corrected chi connectivity index (χ4v) is 7.25. The topological polar surface area (TPSA) is 51.8 Å². The lowest BCUT2D eigenvalue weighted by molar-refractivity contribution is 0.670. The van der Waals surface area contributed by atoms with Crippen molar-refractivity contribution in [3.05, 3.63) is 164 Å². The third kappa shape index (κ3) is 4.42. The van der Waals surface area contributed by atoms with Gasteiger partial charge in [-0.15, -0.1) is 0 Å². The summed E-state index contributed by atoms with van der Waals surface area (Å²) < 4.78 is 6.73. The lowest BCUT2D eigenvalue weighted by Crippen LogP contribution is -2.00. The van der Waals surface area contributed by atoms with E-state index in [9.17, 15) is 0 Å². The van der Waals surface area contributed by atoms with Crippen LogP contribution in [0.2, 0.25) is 0 Å². The molecule has 0 unspecified atom stereocenters. The van der Waals surface area contributed by atoms with Crippen LogP contribution in [0, 0.1) is 0 Å². The van der Waals surface area contributed by atoms with Gasteiger partial charge in [0, 0.05) is 33.0 Å². The van der Waals surface area contributed by atoms with E-state index in [1.807, 2.05) is 72.8 Å². The van der Waals surface area contributed by atoms with Crippen molar-refractivity contribution < 1.29 is 4.42 Å². The summed E-state index contributed by atoms with van der Waals surface area (Å²) in [6, 6.07) is 56.8. The molecule has 2 heterocycles. The lowest BCUT2D eigenvalue weighted by Gasteiger charge is -2.13. The Morgan fingerprint density at radius 3 is 1.41 bits per heavy atom. The zero-order chi connectivity index (χ0) is 32.3. The molecule has 0 bridgehead atoms. The van der Waals surface area contributed by atoms with Gasteiger partial charge in [-0.05, 0) is 62.1 Å². The van der Waals surface area contributed by atoms with Crippen molar-refractivity contribution in [1.82, 2.24) is 15.0 Å². The summed E-state index contributed by atoms with van der Waals surface area (Å²) in [5.74, 6) is 1.86. The van der Waals surface area contributed by atoms with E-state index in [0.29, 0.717) is 17.5 Å². The van der Waals surface area contributed by atoms with Crippen LogP contribution in [-0.2, 0) is 0 Å². The van der Waals surface area contributed by atoms with Gasteiger partial charge in [0.25, 0.3) is 0 Å². The molecular weight excluding hydrogens is 599 g/mol. The average molecular weight is 626 g/mol. The highest BCUT2D eigenvalue weighted by Gasteiger charge is 2.21. The highest BCUT2D eigenvalue weighted by molar-refractivity contribution is 6.26. The van der Waals surface area contributed by atoms with E-state index in [-0.39, 0.29) is 0 Å². The van der Waals surface area contributed by atoms with Gasteiger partial charge in [0.15, 0.2) is 17.5 Å². The van der Waals surface area contributed by atoms with Crippen molar-refractivity contribution in [3.63, 3.8) is 0 Å². The SMILES string of the molecule is c1ccc(-c2nc(-c3ccccc3)nc(-c3ccc(-c4ccc5c6ccccc6c6ccccc6c5c4)c4oc5ccccc5c34)n2)cc1. The number of rotatable bonds is 4. The monoisotopic (exact) mass is 625 g/mol. The number of hydrogen-bond acceptors (Lipinski definition) is 4. The smallest absolute Gasteiger partial charge is 0.164 e. The number of aromatic nitrogens is 3. The van der Waals surface area contributed by atoms with Crippen LogP contribution in [0.15, 0.2) is 168 Å². The van der Waals surface area contributed by atoms with Gasteiger partial charge in [-0.1, -0.05) is 140 Å². The molecule has 0 aliphatic carbocycles. The Labute approximate surface area is 282 Å². The van der Waals surface area contributed by atoms with Crippen molar-refractivity contribution in [3.8, 4) is 45.3 Å². The summed E-state index contributed by atoms with van der Waals surface area (Å²) in [5.41, 5.74) is 6.52. The summed E-state index contributed by atoms with van der Waals surface area (Å²) in [6.45, 7) is 0. The predicted octanol–water partition coefficient (Wildman–Crippen LogP) is 11.9. The van der Waals surface area contributed by atoms with E-state index in [1.54, 1.807) is 0 Å². The molecule has 0 aliphatic rings. The Bertz CT molecular complexity index is 2780. The Morgan fingerprint density at radius 1 is 0.327 bits per heavy atom. The summed E-state index contributed by atoms with van der Waals surface area (Å²) in [6.07, 6.45) is 0. The number of furan rings is 1. The van der Waals surface area contributed by atoms with E-state index >= 15 is 0 Å². The van der Waals surface area contributed by atoms with E-state index in [4.69, 9.17) is 19.4 Å². The molecule has 8 aromatic carbocycles. The minimum absolute atomic E-state index is 0.604. The van der Waals surface area contributed by atoms with E-state index in [1.165, 1.54) is 32.3 Å². The van der Waals surface area contributed by atoms with Gasteiger partial charge in [0.1, 0.15) is 11.2 Å². The van der Waals surface area contributed by atoms with Gasteiger partial charge in [0.05, 0.1) is 0 Å². The van der Waals surface area contributed by atoms with Crippen molar-refractivity contribution in [2.75, 3.05) is 0 Å². The maximum absolute atomic E-state index is 6.73. The number of benzene rings is 8. The standard InChI is InChI=1S/C45H27N3O/c1-3-13-28(14-4-1)43-46-44(29-15-5-2-6-16-29)48-45(47-43)38-26-25-31(42-41(38)37-21-11-12-22-40(37)49-42)30-23-24-36-34-19-8-7-17-32(34)33-18-9-10-20-35(33)39(36)27-30/h1-27H. The quantitative estimate of drug-likeness (QED) is 0.183. The molecule has 10 rings (SSSR count). The number of hydrogen-bond donors (Lipinski definition) is 0. The van der Waals surface area contributed by atoms with Crippen LogP contribution in [0.3, 0.4) is 0 Å². The van der Waals surface area contributed by atoms with E-state index in [0.717, 1.165) is 49.8 Å². The molecule has 0 radical (unpaired) electrons. The first-order chi connectivity index (χ1) is 24.3. The fraction of sp³-hybridized carbons (Fsp3) is 0. The Hall–Kier alpha value is -6.65. The molecule has 4 heteroatoms. The molecule has 49 heavy (non-hydrogen) atoms. The molecule has 0 saturated heterocycles. The molecule has 228 valence electrons. The third-order valence-corrected chi connectivity index (χ3v) is 9.52. The highest BCUT2D eigenvalue weighted by Crippen LogP contribution is 2.43. The van der Waals surface area contributed by atoms with Gasteiger partial charge < -0.3 is 4.42 Å². The van der Waals surface area contributed by atoms with Crippen molar-refractivity contribution >= 4 is 54.3 Å². The van der Waals surface area contributed by atoms with Gasteiger partial charge in [-0.25, -0.2) is 15.0 Å². The van der Waals surface area contributed by atoms with Crippen LogP contribution in [0.4, 0.5) is 0 Å². The van der Waals surface area contributed by atoms with Gasteiger partial charge in [-0.3, -0.25) is 0 Å². The van der Waals surface area contributed by atoms with Crippen LogP contribution < -0.4 is 0 Å². The highest BCUT2D eigenvalue weighted by atomic mass is 16.3. The zero-order valence-electron chi connectivity index (χ0n) is 26.3. The molecular formula is C45H27N3O. The number of fused-ring (bicyclic) bond motifs is 9. The van der Waals surface area contributed by atoms with Crippen LogP contribution in [0.25, 0.3) is 99.5 Å². The Balaban J connectivity index is 1.24. The average Bonchev–Trinajstić information content (AvgIpc) is 3.58. The van der Waals surface area contributed by atoms with Crippen molar-refractivity contribution in [2.24, 2.45) is 0 Å². The minimum Gasteiger partial charge on any atom is -0.455 e. The molecule has 0 atom stereocenters. The number of nitrogens with zero attached hydrogens (tertiary/aromatic N) is 3. The third-order valence-electron chi connectivity index (χ3n) is 9.52. The van der Waals surface area contributed by atoms with Crippen LogP contribution in [0.5, 0.6) is 0 Å². The molecule has 10 aromatic rings. The first kappa shape index (κ1) is 27.5. The molecule has 0 saturated carbocycles. The van der Waals surface area contributed by atoms with Crippen LogP contribution in [-0.4, -0.2) is 15.0 Å². The first-order valence-corrected chi connectivity index (χ1v) is 16.5. The van der Waals surface area contributed by atoms with Gasteiger partial charge >= 0.3 is 0 Å². The van der Waals surface area contributed by atoms with Crippen molar-refractivity contribution in [1.29, 1.82) is 0 Å². The normalized spacial score (nSPS) is 11.7. The lowest BCUT2D eigenvalue weighted by atomic mass is 9.91. The molecule has 0 aliphatic heterocycles. The molecule has 0 amide bonds. The molecule has 2 aromatic heterocycles. The summed E-state index contributed by atoms with van der Waals surface area (Å²) in [7, 11) is 0. The largest absolute Gasteiger partial charge is 0.455 e. The second kappa shape index (κ2) is 11.0. The zero-order valence-corrected chi connectivity index (χ0v) is 26.3. The minimum atomic E-state index is 0.604. The second-order valence-corrected chi connectivity index (χ2v) is 12.4. The Morgan fingerprint density at radius 2 is 0.796 bits per heavy atom. The first-order valence-electron chi connectivity index (χ1n) is 16.5. The maximum atomic E-state index is 6.73. The summed E-state index contributed by atoms with van der Waals surface area (Å²) in [5, 5.41) is 9.48. The van der Waals surface area contributed by atoms with Crippen LogP contribution in [0.1, 0.15) is 0 Å². The van der Waals surface area contributed by atoms with Crippen molar-refractivity contribution in [2.45, 2.75) is 0 Å². The molecule has 4 nitrogen and oxygen atoms in total. The van der Waals surface area contributed by atoms with E-state index in [2.05, 4.69) is 91.0 Å². The summed E-state index contributed by atoms with van der Waals surface area (Å²) >= 11 is 0. The van der Waals surface area contributed by atoms with Gasteiger partial charge in [-0.2, -0.15) is 0 Å². The maximum Gasteiger partial charge on any atom is 0.164 e. The second-order valence-electron chi connectivity index (χ2n) is 12.4. The number of para-hydroxylation sites is 1. The van der Waals surface area contributed by atoms with E-state index < -0.39 is 0 Å². The molecule has 0 fully saturated rings.